The second-order valence-electron chi connectivity index (χ2n) is 5.25. The lowest BCUT2D eigenvalue weighted by molar-refractivity contribution is -0.122. The van der Waals surface area contributed by atoms with Gasteiger partial charge in [-0.05, 0) is 48.9 Å². The molecule has 0 radical (unpaired) electrons. The second-order valence-corrected chi connectivity index (χ2v) is 6.56. The minimum atomic E-state index is -0.503. The summed E-state index contributed by atoms with van der Waals surface area (Å²) in [5.41, 5.74) is 1.96. The molecule has 2 aromatic carbocycles. The predicted octanol–water partition coefficient (Wildman–Crippen LogP) is 4.90. The van der Waals surface area contributed by atoms with Crippen molar-refractivity contribution in [2.24, 2.45) is 0 Å². The van der Waals surface area contributed by atoms with Gasteiger partial charge < -0.3 is 10.1 Å². The highest BCUT2D eigenvalue weighted by atomic mass is 32.2. The molecule has 0 bridgehead atoms. The second kappa shape index (κ2) is 8.63. The van der Waals surface area contributed by atoms with Gasteiger partial charge in [0.1, 0.15) is 5.75 Å². The predicted molar refractivity (Wildman–Crippen MR) is 97.4 cm³/mol. The Kier molecular flexibility index (Phi) is 6.53. The van der Waals surface area contributed by atoms with Crippen molar-refractivity contribution < 1.29 is 9.53 Å². The third-order valence-corrected chi connectivity index (χ3v) is 4.33. The molecule has 0 spiro atoms. The molecule has 0 aromatic heterocycles. The van der Waals surface area contributed by atoms with Crippen LogP contribution in [0.15, 0.2) is 53.4 Å². The normalized spacial score (nSPS) is 11.8. The summed E-state index contributed by atoms with van der Waals surface area (Å²) in [6, 6.07) is 15.6. The zero-order valence-corrected chi connectivity index (χ0v) is 14.7. The molecule has 1 N–H and O–H groups in total. The average molecular weight is 329 g/mol. The summed E-state index contributed by atoms with van der Waals surface area (Å²) < 4.78 is 5.86. The number of rotatable bonds is 7. The molecule has 122 valence electrons. The SMILES string of the molecule is CCSc1ccccc1NC(=O)[C@H](CC)Oc1cccc(C)c1. The third kappa shape index (κ3) is 5.03. The topological polar surface area (TPSA) is 38.3 Å². The van der Waals surface area contributed by atoms with E-state index in [4.69, 9.17) is 4.74 Å². The van der Waals surface area contributed by atoms with Gasteiger partial charge in [0.2, 0.25) is 0 Å². The lowest BCUT2D eigenvalue weighted by Crippen LogP contribution is -2.32. The van der Waals surface area contributed by atoms with Crippen LogP contribution in [-0.2, 0) is 4.79 Å². The van der Waals surface area contributed by atoms with E-state index < -0.39 is 6.10 Å². The van der Waals surface area contributed by atoms with Crippen LogP contribution in [0.5, 0.6) is 5.75 Å². The number of carbonyl (C=O) groups excluding carboxylic acids is 1. The smallest absolute Gasteiger partial charge is 0.265 e. The fraction of sp³-hybridized carbons (Fsp3) is 0.316. The lowest BCUT2D eigenvalue weighted by atomic mass is 10.2. The summed E-state index contributed by atoms with van der Waals surface area (Å²) in [5.74, 6) is 1.57. The van der Waals surface area contributed by atoms with Crippen LogP contribution in [0.2, 0.25) is 0 Å². The van der Waals surface area contributed by atoms with Crippen molar-refractivity contribution in [2.75, 3.05) is 11.1 Å². The number of benzene rings is 2. The van der Waals surface area contributed by atoms with Crippen LogP contribution in [0.25, 0.3) is 0 Å². The van der Waals surface area contributed by atoms with E-state index in [-0.39, 0.29) is 5.91 Å². The fourth-order valence-corrected chi connectivity index (χ4v) is 3.00. The number of thioether (sulfide) groups is 1. The molecule has 2 rings (SSSR count). The van der Waals surface area contributed by atoms with Crippen molar-refractivity contribution in [1.82, 2.24) is 0 Å². The highest BCUT2D eigenvalue weighted by molar-refractivity contribution is 7.99. The van der Waals surface area contributed by atoms with Gasteiger partial charge in [0, 0.05) is 4.90 Å². The van der Waals surface area contributed by atoms with E-state index in [0.29, 0.717) is 6.42 Å². The van der Waals surface area contributed by atoms with Gasteiger partial charge in [0.25, 0.3) is 5.91 Å². The van der Waals surface area contributed by atoms with Crippen molar-refractivity contribution in [2.45, 2.75) is 38.2 Å². The maximum atomic E-state index is 12.5. The van der Waals surface area contributed by atoms with Crippen molar-refractivity contribution in [3.63, 3.8) is 0 Å². The van der Waals surface area contributed by atoms with E-state index in [2.05, 4.69) is 12.2 Å². The first-order valence-corrected chi connectivity index (χ1v) is 8.88. The molecule has 1 amide bonds. The molecule has 0 unspecified atom stereocenters. The van der Waals surface area contributed by atoms with Gasteiger partial charge in [0.05, 0.1) is 5.69 Å². The highest BCUT2D eigenvalue weighted by Crippen LogP contribution is 2.27. The van der Waals surface area contributed by atoms with Crippen LogP contribution in [0, 0.1) is 6.92 Å². The molecule has 0 aliphatic heterocycles. The Labute approximate surface area is 142 Å². The summed E-state index contributed by atoms with van der Waals surface area (Å²) in [4.78, 5) is 13.6. The number of carbonyl (C=O) groups is 1. The summed E-state index contributed by atoms with van der Waals surface area (Å²) in [6.45, 7) is 6.05. The summed E-state index contributed by atoms with van der Waals surface area (Å²) in [7, 11) is 0. The van der Waals surface area contributed by atoms with Crippen LogP contribution in [0.4, 0.5) is 5.69 Å². The maximum Gasteiger partial charge on any atom is 0.265 e. The summed E-state index contributed by atoms with van der Waals surface area (Å²) >= 11 is 1.71. The number of hydrogen-bond donors (Lipinski definition) is 1. The van der Waals surface area contributed by atoms with Crippen molar-refractivity contribution in [3.8, 4) is 5.75 Å². The number of para-hydroxylation sites is 1. The Balaban J connectivity index is 2.08. The lowest BCUT2D eigenvalue weighted by Gasteiger charge is -2.18. The molecular formula is C19H23NO2S. The van der Waals surface area contributed by atoms with Gasteiger partial charge in [-0.3, -0.25) is 4.79 Å². The zero-order valence-electron chi connectivity index (χ0n) is 13.8. The largest absolute Gasteiger partial charge is 0.481 e. The average Bonchev–Trinajstić information content (AvgIpc) is 2.54. The Hall–Kier alpha value is -1.94. The Morgan fingerprint density at radius 2 is 1.96 bits per heavy atom. The monoisotopic (exact) mass is 329 g/mol. The van der Waals surface area contributed by atoms with E-state index in [9.17, 15) is 4.79 Å². The summed E-state index contributed by atoms with van der Waals surface area (Å²) in [6.07, 6.45) is 0.111. The maximum absolute atomic E-state index is 12.5. The van der Waals surface area contributed by atoms with Gasteiger partial charge in [-0.15, -0.1) is 11.8 Å². The first-order chi connectivity index (χ1) is 11.1. The third-order valence-electron chi connectivity index (χ3n) is 3.38. The van der Waals surface area contributed by atoms with E-state index in [1.54, 1.807) is 11.8 Å². The number of hydrogen-bond acceptors (Lipinski definition) is 3. The van der Waals surface area contributed by atoms with E-state index in [0.717, 1.165) is 27.6 Å². The Morgan fingerprint density at radius 1 is 1.17 bits per heavy atom. The molecule has 0 saturated heterocycles. The van der Waals surface area contributed by atoms with E-state index in [1.807, 2.05) is 62.4 Å². The number of nitrogens with one attached hydrogen (secondary N) is 1. The van der Waals surface area contributed by atoms with Crippen molar-refractivity contribution in [3.05, 3.63) is 54.1 Å². The van der Waals surface area contributed by atoms with Crippen LogP contribution in [-0.4, -0.2) is 17.8 Å². The van der Waals surface area contributed by atoms with Crippen molar-refractivity contribution in [1.29, 1.82) is 0 Å². The molecule has 23 heavy (non-hydrogen) atoms. The molecule has 4 heteroatoms. The first-order valence-electron chi connectivity index (χ1n) is 7.90. The van der Waals surface area contributed by atoms with Crippen LogP contribution in [0.1, 0.15) is 25.8 Å². The molecule has 0 aliphatic rings. The number of aryl methyl sites for hydroxylation is 1. The van der Waals surface area contributed by atoms with E-state index in [1.165, 1.54) is 0 Å². The standard InChI is InChI=1S/C19H23NO2S/c1-4-17(22-15-10-8-9-14(3)13-15)19(21)20-16-11-6-7-12-18(16)23-5-2/h6-13,17H,4-5H2,1-3H3,(H,20,21)/t17-/m0/s1. The molecular weight excluding hydrogens is 306 g/mol. The van der Waals surface area contributed by atoms with Gasteiger partial charge in [0.15, 0.2) is 6.10 Å². The minimum Gasteiger partial charge on any atom is -0.481 e. The molecule has 0 fully saturated rings. The number of anilines is 1. The first kappa shape index (κ1) is 17.4. The minimum absolute atomic E-state index is 0.113. The van der Waals surface area contributed by atoms with Gasteiger partial charge in [-0.2, -0.15) is 0 Å². The number of amides is 1. The molecule has 0 heterocycles. The molecule has 0 saturated carbocycles. The molecule has 1 atom stereocenters. The zero-order chi connectivity index (χ0) is 16.7. The van der Waals surface area contributed by atoms with Crippen LogP contribution in [0.3, 0.4) is 0 Å². The Bertz CT molecular complexity index is 657. The quantitative estimate of drug-likeness (QED) is 0.734. The van der Waals surface area contributed by atoms with Crippen molar-refractivity contribution >= 4 is 23.4 Å². The highest BCUT2D eigenvalue weighted by Gasteiger charge is 2.19. The molecule has 3 nitrogen and oxygen atoms in total. The van der Waals surface area contributed by atoms with Crippen LogP contribution >= 0.6 is 11.8 Å². The van der Waals surface area contributed by atoms with Crippen LogP contribution < -0.4 is 10.1 Å². The Morgan fingerprint density at radius 3 is 2.65 bits per heavy atom. The fourth-order valence-electron chi connectivity index (χ4n) is 2.24. The van der Waals surface area contributed by atoms with Gasteiger partial charge in [-0.1, -0.05) is 38.1 Å². The molecule has 0 aliphatic carbocycles. The molecule has 2 aromatic rings. The summed E-state index contributed by atoms with van der Waals surface area (Å²) in [5, 5.41) is 3.00. The van der Waals surface area contributed by atoms with Gasteiger partial charge in [-0.25, -0.2) is 0 Å². The van der Waals surface area contributed by atoms with E-state index >= 15 is 0 Å². The van der Waals surface area contributed by atoms with Gasteiger partial charge >= 0.3 is 0 Å². The number of ether oxygens (including phenoxy) is 1.